The largest absolute Gasteiger partial charge is 0.457 e. The number of hydrogen-bond acceptors (Lipinski definition) is 4. The van der Waals surface area contributed by atoms with E-state index in [0.29, 0.717) is 17.2 Å². The van der Waals surface area contributed by atoms with Crippen molar-refractivity contribution < 1.29 is 9.66 Å². The van der Waals surface area contributed by atoms with E-state index in [-0.39, 0.29) is 10.6 Å². The average molecular weight is 417 g/mol. The van der Waals surface area contributed by atoms with Crippen LogP contribution in [-0.4, -0.2) is 18.0 Å². The van der Waals surface area contributed by atoms with Crippen molar-refractivity contribution in [2.24, 2.45) is 5.92 Å². The molecular formula is C26H28N2O3. The van der Waals surface area contributed by atoms with E-state index in [1.54, 1.807) is 12.1 Å². The second-order valence-corrected chi connectivity index (χ2v) is 8.12. The summed E-state index contributed by atoms with van der Waals surface area (Å²) in [7, 11) is 0. The van der Waals surface area contributed by atoms with Gasteiger partial charge in [-0.15, -0.1) is 0 Å². The van der Waals surface area contributed by atoms with Gasteiger partial charge in [-0.25, -0.2) is 0 Å². The second kappa shape index (κ2) is 9.65. The highest BCUT2D eigenvalue weighted by Crippen LogP contribution is 2.37. The predicted molar refractivity (Wildman–Crippen MR) is 125 cm³/mol. The maximum Gasteiger partial charge on any atom is 0.292 e. The Morgan fingerprint density at radius 1 is 0.935 bits per heavy atom. The molecule has 0 aliphatic carbocycles. The summed E-state index contributed by atoms with van der Waals surface area (Å²) in [5.74, 6) is 2.05. The molecule has 0 atom stereocenters. The molecule has 5 nitrogen and oxygen atoms in total. The summed E-state index contributed by atoms with van der Waals surface area (Å²) in [5.41, 5.74) is 3.06. The number of nitro benzene ring substituents is 1. The van der Waals surface area contributed by atoms with E-state index >= 15 is 0 Å². The Kier molecular flexibility index (Phi) is 6.51. The first-order valence-corrected chi connectivity index (χ1v) is 11.0. The molecule has 0 spiro atoms. The fourth-order valence-corrected chi connectivity index (χ4v) is 4.33. The molecule has 1 heterocycles. The van der Waals surface area contributed by atoms with Crippen LogP contribution < -0.4 is 9.64 Å². The minimum Gasteiger partial charge on any atom is -0.457 e. The van der Waals surface area contributed by atoms with Crippen molar-refractivity contribution in [3.63, 3.8) is 0 Å². The van der Waals surface area contributed by atoms with E-state index in [9.17, 15) is 10.1 Å². The van der Waals surface area contributed by atoms with Gasteiger partial charge in [0.2, 0.25) is 0 Å². The van der Waals surface area contributed by atoms with Crippen molar-refractivity contribution in [2.75, 3.05) is 18.0 Å². The van der Waals surface area contributed by atoms with Gasteiger partial charge in [-0.2, -0.15) is 0 Å². The van der Waals surface area contributed by atoms with Crippen LogP contribution in [0.5, 0.6) is 11.5 Å². The molecule has 0 saturated carbocycles. The fraction of sp³-hybridized carbons (Fsp3) is 0.308. The Morgan fingerprint density at radius 2 is 1.58 bits per heavy atom. The summed E-state index contributed by atoms with van der Waals surface area (Å²) in [5, 5.41) is 11.6. The van der Waals surface area contributed by atoms with Crippen molar-refractivity contribution in [3.05, 3.63) is 82.9 Å². The van der Waals surface area contributed by atoms with Crippen molar-refractivity contribution in [1.82, 2.24) is 0 Å². The molecule has 4 rings (SSSR count). The summed E-state index contributed by atoms with van der Waals surface area (Å²) < 4.78 is 6.05. The van der Waals surface area contributed by atoms with E-state index in [4.69, 9.17) is 4.74 Å². The smallest absolute Gasteiger partial charge is 0.292 e. The molecule has 5 heteroatoms. The molecule has 1 aliphatic rings. The topological polar surface area (TPSA) is 55.6 Å². The van der Waals surface area contributed by atoms with Crippen LogP contribution in [0.2, 0.25) is 0 Å². The molecule has 1 aliphatic heterocycles. The van der Waals surface area contributed by atoms with Crippen LogP contribution in [0.3, 0.4) is 0 Å². The standard InChI is InChI=1S/C26H28N2O3/c1-2-6-20-15-17-27(18-16-20)26-19-24(13-14-25(26)28(29)30)31-23-11-9-22(10-12-23)21-7-4-3-5-8-21/h3-5,7-14,19-20H,2,6,15-18H2,1H3. The van der Waals surface area contributed by atoms with Crippen LogP contribution >= 0.6 is 0 Å². The van der Waals surface area contributed by atoms with Crippen LogP contribution in [0.4, 0.5) is 11.4 Å². The summed E-state index contributed by atoms with van der Waals surface area (Å²) >= 11 is 0. The lowest BCUT2D eigenvalue weighted by Gasteiger charge is -2.33. The zero-order valence-corrected chi connectivity index (χ0v) is 17.9. The third-order valence-corrected chi connectivity index (χ3v) is 5.99. The first-order chi connectivity index (χ1) is 15.1. The number of anilines is 1. The van der Waals surface area contributed by atoms with Gasteiger partial charge in [-0.05, 0) is 48.1 Å². The van der Waals surface area contributed by atoms with Gasteiger partial charge >= 0.3 is 0 Å². The van der Waals surface area contributed by atoms with Crippen molar-refractivity contribution in [1.29, 1.82) is 0 Å². The fourth-order valence-electron chi connectivity index (χ4n) is 4.33. The SMILES string of the molecule is CCCC1CCN(c2cc(Oc3ccc(-c4ccccc4)cc3)ccc2[N+](=O)[O-])CC1. The van der Waals surface area contributed by atoms with Gasteiger partial charge in [0.25, 0.3) is 5.69 Å². The normalized spacial score (nSPS) is 14.4. The van der Waals surface area contributed by atoms with E-state index in [1.807, 2.05) is 48.5 Å². The maximum atomic E-state index is 11.6. The molecular weight excluding hydrogens is 388 g/mol. The number of nitro groups is 1. The molecule has 0 N–H and O–H groups in total. The first-order valence-electron chi connectivity index (χ1n) is 11.0. The van der Waals surface area contributed by atoms with E-state index < -0.39 is 0 Å². The van der Waals surface area contributed by atoms with Gasteiger partial charge in [-0.3, -0.25) is 10.1 Å². The quantitative estimate of drug-likeness (QED) is 0.305. The molecule has 160 valence electrons. The highest BCUT2D eigenvalue weighted by atomic mass is 16.6. The molecule has 1 fully saturated rings. The Morgan fingerprint density at radius 3 is 2.23 bits per heavy atom. The van der Waals surface area contributed by atoms with Gasteiger partial charge in [0.1, 0.15) is 17.2 Å². The van der Waals surface area contributed by atoms with Crippen LogP contribution in [0, 0.1) is 16.0 Å². The maximum absolute atomic E-state index is 11.6. The Labute approximate surface area is 183 Å². The monoisotopic (exact) mass is 416 g/mol. The van der Waals surface area contributed by atoms with Crippen molar-refractivity contribution >= 4 is 11.4 Å². The first kappa shape index (κ1) is 20.9. The summed E-state index contributed by atoms with van der Waals surface area (Å²) in [4.78, 5) is 13.4. The number of hydrogen-bond donors (Lipinski definition) is 0. The van der Waals surface area contributed by atoms with Gasteiger partial charge in [0.05, 0.1) is 4.92 Å². The van der Waals surface area contributed by atoms with Crippen LogP contribution in [0.15, 0.2) is 72.8 Å². The molecule has 0 bridgehead atoms. The molecule has 0 aromatic heterocycles. The molecule has 1 saturated heterocycles. The third-order valence-electron chi connectivity index (χ3n) is 5.99. The summed E-state index contributed by atoms with van der Waals surface area (Å²) in [6, 6.07) is 23.1. The molecule has 0 amide bonds. The highest BCUT2D eigenvalue weighted by Gasteiger charge is 2.25. The number of nitrogens with zero attached hydrogens (tertiary/aromatic N) is 2. The molecule has 3 aromatic carbocycles. The summed E-state index contributed by atoms with van der Waals surface area (Å²) in [6.07, 6.45) is 4.59. The lowest BCUT2D eigenvalue weighted by Crippen LogP contribution is -2.34. The molecule has 0 radical (unpaired) electrons. The zero-order chi connectivity index (χ0) is 21.6. The van der Waals surface area contributed by atoms with Crippen molar-refractivity contribution in [2.45, 2.75) is 32.6 Å². The van der Waals surface area contributed by atoms with E-state index in [0.717, 1.165) is 43.0 Å². The molecule has 0 unspecified atom stereocenters. The van der Waals surface area contributed by atoms with Crippen molar-refractivity contribution in [3.8, 4) is 22.6 Å². The Bertz CT molecular complexity index is 1010. The van der Waals surface area contributed by atoms with Crippen LogP contribution in [0.25, 0.3) is 11.1 Å². The second-order valence-electron chi connectivity index (χ2n) is 8.12. The number of ether oxygens (including phenoxy) is 1. The lowest BCUT2D eigenvalue weighted by atomic mass is 9.92. The van der Waals surface area contributed by atoms with Gasteiger partial charge < -0.3 is 9.64 Å². The van der Waals surface area contributed by atoms with Crippen LogP contribution in [-0.2, 0) is 0 Å². The van der Waals surface area contributed by atoms with E-state index in [2.05, 4.69) is 24.0 Å². The highest BCUT2D eigenvalue weighted by molar-refractivity contribution is 5.67. The zero-order valence-electron chi connectivity index (χ0n) is 17.9. The minimum absolute atomic E-state index is 0.140. The minimum atomic E-state index is -0.300. The Hall–Kier alpha value is -3.34. The lowest BCUT2D eigenvalue weighted by molar-refractivity contribution is -0.384. The number of benzene rings is 3. The van der Waals surface area contributed by atoms with Gasteiger partial charge in [0.15, 0.2) is 0 Å². The van der Waals surface area contributed by atoms with Crippen LogP contribution in [0.1, 0.15) is 32.6 Å². The number of rotatable bonds is 7. The van der Waals surface area contributed by atoms with Gasteiger partial charge in [0, 0.05) is 25.2 Å². The van der Waals surface area contributed by atoms with E-state index in [1.165, 1.54) is 12.8 Å². The average Bonchev–Trinajstić information content (AvgIpc) is 2.81. The molecule has 3 aromatic rings. The Balaban J connectivity index is 1.51. The van der Waals surface area contributed by atoms with Gasteiger partial charge in [-0.1, -0.05) is 62.2 Å². The number of piperidine rings is 1. The summed E-state index contributed by atoms with van der Waals surface area (Å²) in [6.45, 7) is 3.91. The third kappa shape index (κ3) is 5.05. The predicted octanol–water partition coefficient (Wildman–Crippen LogP) is 7.07. The molecule has 31 heavy (non-hydrogen) atoms.